The molecule has 5 nitrogen and oxygen atoms in total. The Kier molecular flexibility index (Phi) is 7.97. The lowest BCUT2D eigenvalue weighted by molar-refractivity contribution is -0.955. The van der Waals surface area contributed by atoms with Crippen LogP contribution in [0.5, 0.6) is 11.5 Å². The number of nitrogens with zero attached hydrogens (tertiary/aromatic N) is 3. The predicted molar refractivity (Wildman–Crippen MR) is 182 cm³/mol. The minimum atomic E-state index is 0.516. The van der Waals surface area contributed by atoms with Gasteiger partial charge in [0.2, 0.25) is 5.52 Å². The number of ether oxygens (including phenoxy) is 2. The molecule has 0 unspecified atom stereocenters. The average Bonchev–Trinajstić information content (AvgIpc) is 3.10. The van der Waals surface area contributed by atoms with Gasteiger partial charge in [0, 0.05) is 41.5 Å². The van der Waals surface area contributed by atoms with Crippen LogP contribution in [0.2, 0.25) is 5.02 Å². The van der Waals surface area contributed by atoms with Gasteiger partial charge in [0.15, 0.2) is 18.4 Å². The predicted octanol–water partition coefficient (Wildman–Crippen LogP) is 7.54. The van der Waals surface area contributed by atoms with Crippen LogP contribution in [-0.2, 0) is 13.1 Å². The van der Waals surface area contributed by atoms with Gasteiger partial charge in [-0.15, -0.1) is 0 Å². The molecule has 0 N–H and O–H groups in total. The second-order valence-electron chi connectivity index (χ2n) is 14.4. The van der Waals surface area contributed by atoms with Crippen LogP contribution < -0.4 is 18.5 Å². The number of hydrogen-bond acceptors (Lipinski definition) is 2. The molecular formula is C39H47ClN3O2+3. The van der Waals surface area contributed by atoms with Crippen molar-refractivity contribution in [2.45, 2.75) is 51.6 Å². The average molecular weight is 625 g/mol. The van der Waals surface area contributed by atoms with Gasteiger partial charge in [0.05, 0.1) is 45.3 Å². The van der Waals surface area contributed by atoms with Gasteiger partial charge in [-0.2, -0.15) is 4.57 Å². The maximum absolute atomic E-state index is 6.54. The third-order valence-corrected chi connectivity index (χ3v) is 12.0. The maximum Gasteiger partial charge on any atom is 0.220 e. The van der Waals surface area contributed by atoms with Crippen molar-refractivity contribution in [1.29, 1.82) is 0 Å². The van der Waals surface area contributed by atoms with Crippen LogP contribution in [0, 0.1) is 11.8 Å². The highest BCUT2D eigenvalue weighted by Gasteiger charge is 2.43. The molecule has 1 aromatic heterocycles. The third kappa shape index (κ3) is 6.07. The van der Waals surface area contributed by atoms with Crippen LogP contribution in [0.25, 0.3) is 10.9 Å². The molecule has 6 saturated heterocycles. The Morgan fingerprint density at radius 1 is 0.644 bits per heavy atom. The van der Waals surface area contributed by atoms with E-state index in [1.54, 1.807) is 0 Å². The molecule has 7 heterocycles. The van der Waals surface area contributed by atoms with Gasteiger partial charge < -0.3 is 14.0 Å². The molecule has 6 heteroatoms. The van der Waals surface area contributed by atoms with E-state index in [2.05, 4.69) is 83.6 Å². The third-order valence-electron chi connectivity index (χ3n) is 11.7. The fourth-order valence-corrected chi connectivity index (χ4v) is 9.09. The first-order chi connectivity index (χ1) is 22.0. The number of rotatable bonds is 10. The monoisotopic (exact) mass is 624 g/mol. The van der Waals surface area contributed by atoms with Gasteiger partial charge >= 0.3 is 0 Å². The van der Waals surface area contributed by atoms with Crippen molar-refractivity contribution in [1.82, 2.24) is 4.48 Å². The summed E-state index contributed by atoms with van der Waals surface area (Å²) in [6.45, 7) is 10.9. The quantitative estimate of drug-likeness (QED) is 0.103. The van der Waals surface area contributed by atoms with E-state index in [4.69, 9.17) is 21.1 Å². The van der Waals surface area contributed by atoms with E-state index in [0.29, 0.717) is 13.2 Å². The van der Waals surface area contributed by atoms with E-state index in [0.717, 1.165) is 39.4 Å². The van der Waals surface area contributed by atoms with Crippen LogP contribution in [-0.4, -0.2) is 57.0 Å². The number of halogens is 1. The summed E-state index contributed by atoms with van der Waals surface area (Å²) < 4.78 is 16.8. The van der Waals surface area contributed by atoms with Crippen molar-refractivity contribution in [2.75, 3.05) is 52.5 Å². The van der Waals surface area contributed by atoms with Gasteiger partial charge in [-0.05, 0) is 91.8 Å². The zero-order valence-corrected chi connectivity index (χ0v) is 27.3. The number of fused-ring (bicyclic) bond motifs is 7. The fourth-order valence-electron chi connectivity index (χ4n) is 8.92. The fraction of sp³-hybridized carbons (Fsp3) is 0.462. The summed E-state index contributed by atoms with van der Waals surface area (Å²) >= 11 is 6.54. The second kappa shape index (κ2) is 12.2. The normalized spacial score (nSPS) is 27.1. The molecule has 4 aromatic rings. The molecular weight excluding hydrogens is 578 g/mol. The highest BCUT2D eigenvalue weighted by atomic mass is 35.5. The number of aromatic nitrogens is 1. The summed E-state index contributed by atoms with van der Waals surface area (Å²) in [7, 11) is 0. The molecule has 45 heavy (non-hydrogen) atoms. The van der Waals surface area contributed by atoms with E-state index >= 15 is 0 Å². The Hall–Kier alpha value is -3.12. The maximum atomic E-state index is 6.54. The first-order valence-electron chi connectivity index (χ1n) is 17.3. The molecule has 6 fully saturated rings. The standard InChI is InChI=1S/C39H47ClN3O2/c40-34-5-10-37-38(27-34)41(18-11-39(37)43-22-15-31(16-23-43)17-24-43)28-32-1-6-35(7-2-32)44-25-26-45-36-8-3-33(4-9-36)29-42-19-12-30(13-20-42)14-21-42/h1-11,18,27,30-31H,12-17,19-26,28-29H2/q+3. The summed E-state index contributed by atoms with van der Waals surface area (Å²) in [5, 5.41) is 2.13. The highest BCUT2D eigenvalue weighted by Crippen LogP contribution is 2.41. The molecule has 6 aliphatic rings. The van der Waals surface area contributed by atoms with Crippen molar-refractivity contribution >= 4 is 28.2 Å². The smallest absolute Gasteiger partial charge is 0.220 e. The first-order valence-corrected chi connectivity index (χ1v) is 17.7. The molecule has 10 rings (SSSR count). The first kappa shape index (κ1) is 29.3. The van der Waals surface area contributed by atoms with Crippen molar-refractivity contribution in [3.63, 3.8) is 0 Å². The summed E-state index contributed by atoms with van der Waals surface area (Å²) in [5.74, 6) is 3.74. The topological polar surface area (TPSA) is 22.3 Å². The van der Waals surface area contributed by atoms with E-state index in [-0.39, 0.29) is 0 Å². The van der Waals surface area contributed by atoms with E-state index < -0.39 is 0 Å². The molecule has 6 aliphatic heterocycles. The lowest BCUT2D eigenvalue weighted by Gasteiger charge is -2.49. The second-order valence-corrected chi connectivity index (χ2v) is 14.9. The van der Waals surface area contributed by atoms with Crippen LogP contribution >= 0.6 is 11.6 Å². The number of quaternary nitrogens is 2. The van der Waals surface area contributed by atoms with E-state index in [1.807, 2.05) is 0 Å². The molecule has 0 amide bonds. The van der Waals surface area contributed by atoms with Gasteiger partial charge in [-0.1, -0.05) is 11.6 Å². The van der Waals surface area contributed by atoms with E-state index in [1.165, 1.54) is 117 Å². The summed E-state index contributed by atoms with van der Waals surface area (Å²) in [6, 6.07) is 26.0. The Morgan fingerprint density at radius 2 is 1.20 bits per heavy atom. The lowest BCUT2D eigenvalue weighted by Crippen LogP contribution is -2.59. The van der Waals surface area contributed by atoms with Crippen LogP contribution in [0.15, 0.2) is 79.0 Å². The zero-order chi connectivity index (χ0) is 30.3. The van der Waals surface area contributed by atoms with Crippen molar-refractivity contribution in [3.05, 3.63) is 95.1 Å². The van der Waals surface area contributed by atoms with Gasteiger partial charge in [-0.3, -0.25) is 4.48 Å². The summed E-state index contributed by atoms with van der Waals surface area (Å²) in [6.07, 6.45) is 10.6. The number of pyridine rings is 1. The Bertz CT molecular complexity index is 1610. The number of piperidine rings is 6. The van der Waals surface area contributed by atoms with Crippen molar-refractivity contribution < 1.29 is 18.5 Å². The van der Waals surface area contributed by atoms with Crippen molar-refractivity contribution in [2.24, 2.45) is 11.8 Å². The van der Waals surface area contributed by atoms with Crippen LogP contribution in [0.1, 0.15) is 49.7 Å². The molecule has 3 aromatic carbocycles. The molecule has 4 bridgehead atoms. The Balaban J connectivity index is 0.862. The molecule has 234 valence electrons. The SMILES string of the molecule is Clc1ccc2c([N+]34CCC(CC3)CC4)cc[n+](Cc3ccc(OCCOc4ccc(C[N+]56CCC(CC5)CC6)cc4)cc3)c2c1. The molecule has 0 atom stereocenters. The molecule has 0 aliphatic carbocycles. The Labute approximate surface area is 273 Å². The summed E-state index contributed by atoms with van der Waals surface area (Å²) in [4.78, 5) is 0. The minimum absolute atomic E-state index is 0.516. The van der Waals surface area contributed by atoms with Crippen LogP contribution in [0.4, 0.5) is 5.69 Å². The van der Waals surface area contributed by atoms with Crippen molar-refractivity contribution in [3.8, 4) is 11.5 Å². The number of benzene rings is 3. The largest absolute Gasteiger partial charge is 0.490 e. The summed E-state index contributed by atoms with van der Waals surface area (Å²) in [5.41, 5.74) is 5.36. The van der Waals surface area contributed by atoms with Crippen LogP contribution in [0.3, 0.4) is 0 Å². The minimum Gasteiger partial charge on any atom is -0.490 e. The van der Waals surface area contributed by atoms with E-state index in [9.17, 15) is 0 Å². The highest BCUT2D eigenvalue weighted by molar-refractivity contribution is 6.31. The van der Waals surface area contributed by atoms with Gasteiger partial charge in [0.25, 0.3) is 0 Å². The molecule has 0 spiro atoms. The van der Waals surface area contributed by atoms with Gasteiger partial charge in [-0.25, -0.2) is 0 Å². The lowest BCUT2D eigenvalue weighted by atomic mass is 9.85. The molecule has 0 saturated carbocycles. The molecule has 0 radical (unpaired) electrons. The number of hydrogen-bond donors (Lipinski definition) is 0. The van der Waals surface area contributed by atoms with Gasteiger partial charge in [0.1, 0.15) is 36.6 Å². The zero-order valence-electron chi connectivity index (χ0n) is 26.5. The Morgan fingerprint density at radius 3 is 1.80 bits per heavy atom.